The summed E-state index contributed by atoms with van der Waals surface area (Å²) in [7, 11) is 0. The van der Waals surface area contributed by atoms with E-state index in [0.717, 1.165) is 9.88 Å². The fraction of sp³-hybridized carbons (Fsp3) is 0.357. The molecule has 5 nitrogen and oxygen atoms in total. The average molecular weight is 322 g/mol. The van der Waals surface area contributed by atoms with Crippen LogP contribution in [0.5, 0.6) is 0 Å². The maximum absolute atomic E-state index is 12.1. The lowest BCUT2D eigenvalue weighted by Crippen LogP contribution is -2.33. The number of hydrogen-bond donors (Lipinski definition) is 2. The number of carbonyl (C=O) groups is 2. The minimum Gasteiger partial charge on any atom is -0.481 e. The molecule has 0 spiro atoms. The molecular formula is C14H14N2O3S2. The van der Waals surface area contributed by atoms with Crippen LogP contribution in [0.15, 0.2) is 22.9 Å². The molecule has 7 heteroatoms. The van der Waals surface area contributed by atoms with Crippen LogP contribution in [0.4, 0.5) is 0 Å². The van der Waals surface area contributed by atoms with Gasteiger partial charge in [0, 0.05) is 11.4 Å². The van der Waals surface area contributed by atoms with Crippen LogP contribution in [0.2, 0.25) is 0 Å². The molecule has 1 aliphatic carbocycles. The van der Waals surface area contributed by atoms with Gasteiger partial charge in [-0.1, -0.05) is 6.07 Å². The number of aliphatic carboxylic acids is 1. The highest BCUT2D eigenvalue weighted by atomic mass is 32.1. The number of carboxylic acids is 1. The van der Waals surface area contributed by atoms with Gasteiger partial charge in [0.2, 0.25) is 0 Å². The zero-order valence-corrected chi connectivity index (χ0v) is 12.7. The lowest BCUT2D eigenvalue weighted by atomic mass is 10.1. The number of thiazole rings is 1. The SMILES string of the molecule is O=C(NC1CCC(C(=O)O)C1)c1csc(-c2cccs2)n1. The Bertz CT molecular complexity index is 651. The van der Waals surface area contributed by atoms with Gasteiger partial charge in [0.05, 0.1) is 10.8 Å². The van der Waals surface area contributed by atoms with E-state index in [2.05, 4.69) is 10.3 Å². The van der Waals surface area contributed by atoms with Crippen LogP contribution in [-0.4, -0.2) is 28.0 Å². The summed E-state index contributed by atoms with van der Waals surface area (Å²) in [4.78, 5) is 28.5. The van der Waals surface area contributed by atoms with Crippen LogP contribution in [0.25, 0.3) is 9.88 Å². The molecule has 0 aliphatic heterocycles. The van der Waals surface area contributed by atoms with Crippen LogP contribution in [0.1, 0.15) is 29.8 Å². The molecule has 0 aromatic carbocycles. The average Bonchev–Trinajstić information content (AvgIpc) is 3.19. The quantitative estimate of drug-likeness (QED) is 0.907. The van der Waals surface area contributed by atoms with Crippen molar-refractivity contribution in [3.63, 3.8) is 0 Å². The summed E-state index contributed by atoms with van der Waals surface area (Å²) in [6.45, 7) is 0. The predicted molar refractivity (Wildman–Crippen MR) is 81.7 cm³/mol. The van der Waals surface area contributed by atoms with Gasteiger partial charge in [-0.15, -0.1) is 22.7 Å². The zero-order chi connectivity index (χ0) is 14.8. The second-order valence-electron chi connectivity index (χ2n) is 5.03. The summed E-state index contributed by atoms with van der Waals surface area (Å²) >= 11 is 3.03. The van der Waals surface area contributed by atoms with Gasteiger partial charge in [-0.2, -0.15) is 0 Å². The zero-order valence-electron chi connectivity index (χ0n) is 11.1. The van der Waals surface area contributed by atoms with Gasteiger partial charge in [-0.05, 0) is 30.7 Å². The molecule has 2 atom stereocenters. The summed E-state index contributed by atoms with van der Waals surface area (Å²) in [5, 5.41) is 16.4. The molecule has 110 valence electrons. The predicted octanol–water partition coefficient (Wildman–Crippen LogP) is 2.85. The van der Waals surface area contributed by atoms with E-state index in [9.17, 15) is 9.59 Å². The standard InChI is InChI=1S/C14H14N2O3S2/c17-12(15-9-4-3-8(6-9)14(18)19)10-7-21-13(16-10)11-2-1-5-20-11/h1-2,5,7-9H,3-4,6H2,(H,15,17)(H,18,19). The van der Waals surface area contributed by atoms with Crippen molar-refractivity contribution < 1.29 is 14.7 Å². The summed E-state index contributed by atoms with van der Waals surface area (Å²) < 4.78 is 0. The van der Waals surface area contributed by atoms with Crippen LogP contribution < -0.4 is 5.32 Å². The van der Waals surface area contributed by atoms with E-state index in [0.29, 0.717) is 25.0 Å². The number of hydrogen-bond acceptors (Lipinski definition) is 5. The minimum absolute atomic E-state index is 0.0644. The highest BCUT2D eigenvalue weighted by molar-refractivity contribution is 7.20. The monoisotopic (exact) mass is 322 g/mol. The molecule has 0 saturated heterocycles. The second-order valence-corrected chi connectivity index (χ2v) is 6.84. The smallest absolute Gasteiger partial charge is 0.306 e. The van der Waals surface area contributed by atoms with Crippen molar-refractivity contribution in [2.75, 3.05) is 0 Å². The normalized spacial score (nSPS) is 21.3. The molecule has 2 unspecified atom stereocenters. The van der Waals surface area contributed by atoms with Crippen LogP contribution in [0.3, 0.4) is 0 Å². The summed E-state index contributed by atoms with van der Waals surface area (Å²) in [5.74, 6) is -1.34. The number of carboxylic acid groups (broad SMARTS) is 1. The Balaban J connectivity index is 1.63. The number of nitrogens with zero attached hydrogens (tertiary/aromatic N) is 1. The second kappa shape index (κ2) is 5.95. The Labute approximate surface area is 129 Å². The maximum atomic E-state index is 12.1. The lowest BCUT2D eigenvalue weighted by molar-refractivity contribution is -0.141. The first-order valence-electron chi connectivity index (χ1n) is 6.66. The third-order valence-electron chi connectivity index (χ3n) is 3.59. The Hall–Kier alpha value is -1.73. The molecule has 1 saturated carbocycles. The summed E-state index contributed by atoms with van der Waals surface area (Å²) in [6, 6.07) is 3.86. The van der Waals surface area contributed by atoms with Crippen LogP contribution >= 0.6 is 22.7 Å². The largest absolute Gasteiger partial charge is 0.481 e. The number of carbonyl (C=O) groups excluding carboxylic acids is 1. The molecule has 1 aliphatic rings. The van der Waals surface area contributed by atoms with Crippen molar-refractivity contribution in [2.24, 2.45) is 5.92 Å². The Kier molecular flexibility index (Phi) is 4.03. The molecule has 2 heterocycles. The molecule has 0 bridgehead atoms. The van der Waals surface area contributed by atoms with Crippen molar-refractivity contribution in [1.29, 1.82) is 0 Å². The molecule has 0 radical (unpaired) electrons. The van der Waals surface area contributed by atoms with Crippen LogP contribution in [0, 0.1) is 5.92 Å². The van der Waals surface area contributed by atoms with Crippen molar-refractivity contribution in [1.82, 2.24) is 10.3 Å². The first-order chi connectivity index (χ1) is 10.1. The van der Waals surface area contributed by atoms with Gasteiger partial charge in [0.1, 0.15) is 10.7 Å². The lowest BCUT2D eigenvalue weighted by Gasteiger charge is -2.10. The Morgan fingerprint density at radius 2 is 2.19 bits per heavy atom. The topological polar surface area (TPSA) is 79.3 Å². The molecular weight excluding hydrogens is 308 g/mol. The van der Waals surface area contributed by atoms with E-state index in [1.807, 2.05) is 17.5 Å². The van der Waals surface area contributed by atoms with Gasteiger partial charge in [-0.25, -0.2) is 4.98 Å². The van der Waals surface area contributed by atoms with Gasteiger partial charge in [0.25, 0.3) is 5.91 Å². The van der Waals surface area contributed by atoms with E-state index in [-0.39, 0.29) is 17.9 Å². The van der Waals surface area contributed by atoms with Gasteiger partial charge in [-0.3, -0.25) is 9.59 Å². The number of aromatic nitrogens is 1. The van der Waals surface area contributed by atoms with Gasteiger partial charge in [0.15, 0.2) is 0 Å². The highest BCUT2D eigenvalue weighted by Gasteiger charge is 2.31. The Morgan fingerprint density at radius 1 is 1.33 bits per heavy atom. The molecule has 3 rings (SSSR count). The number of nitrogens with one attached hydrogen (secondary N) is 1. The first-order valence-corrected chi connectivity index (χ1v) is 8.42. The van der Waals surface area contributed by atoms with E-state index in [1.165, 1.54) is 11.3 Å². The van der Waals surface area contributed by atoms with E-state index in [4.69, 9.17) is 5.11 Å². The summed E-state index contributed by atoms with van der Waals surface area (Å²) in [6.07, 6.45) is 1.84. The van der Waals surface area contributed by atoms with E-state index < -0.39 is 5.97 Å². The third-order valence-corrected chi connectivity index (χ3v) is 5.47. The van der Waals surface area contributed by atoms with Crippen molar-refractivity contribution in [2.45, 2.75) is 25.3 Å². The molecule has 1 fully saturated rings. The fourth-order valence-electron chi connectivity index (χ4n) is 2.49. The van der Waals surface area contributed by atoms with E-state index in [1.54, 1.807) is 16.7 Å². The van der Waals surface area contributed by atoms with Crippen molar-refractivity contribution in [3.8, 4) is 9.88 Å². The third kappa shape index (κ3) is 3.14. The molecule has 2 aromatic rings. The summed E-state index contributed by atoms with van der Waals surface area (Å²) in [5.41, 5.74) is 0.405. The van der Waals surface area contributed by atoms with Gasteiger partial charge >= 0.3 is 5.97 Å². The van der Waals surface area contributed by atoms with Crippen LogP contribution in [-0.2, 0) is 4.79 Å². The maximum Gasteiger partial charge on any atom is 0.306 e. The molecule has 21 heavy (non-hydrogen) atoms. The van der Waals surface area contributed by atoms with Crippen molar-refractivity contribution in [3.05, 3.63) is 28.6 Å². The molecule has 1 amide bonds. The Morgan fingerprint density at radius 3 is 2.86 bits per heavy atom. The van der Waals surface area contributed by atoms with Crippen molar-refractivity contribution >= 4 is 34.6 Å². The molecule has 2 N–H and O–H groups in total. The number of rotatable bonds is 4. The highest BCUT2D eigenvalue weighted by Crippen LogP contribution is 2.29. The van der Waals surface area contributed by atoms with E-state index >= 15 is 0 Å². The first kappa shape index (κ1) is 14.2. The fourth-order valence-corrected chi connectivity index (χ4v) is 4.10. The number of thiophene rings is 1. The number of amides is 1. The van der Waals surface area contributed by atoms with Gasteiger partial charge < -0.3 is 10.4 Å². The minimum atomic E-state index is -0.777. The molecule has 2 aromatic heterocycles.